The van der Waals surface area contributed by atoms with Crippen molar-refractivity contribution in [3.05, 3.63) is 53.6 Å². The van der Waals surface area contributed by atoms with Gasteiger partial charge >= 0.3 is 5.97 Å². The fourth-order valence-corrected chi connectivity index (χ4v) is 3.66. The molecule has 0 saturated carbocycles. The number of hydrogen-bond donors (Lipinski definition) is 1. The SMILES string of the molecule is COCCOc1cc(F)cc(C2CCCN2c2ccn3ncc(C(=O)O)c3n2)c1. The molecule has 2 aromatic heterocycles. The van der Waals surface area contributed by atoms with Gasteiger partial charge in [-0.25, -0.2) is 18.7 Å². The first-order chi connectivity index (χ1) is 14.1. The van der Waals surface area contributed by atoms with Gasteiger partial charge in [-0.05, 0) is 36.6 Å². The van der Waals surface area contributed by atoms with E-state index in [4.69, 9.17) is 9.47 Å². The number of hydrogen-bond acceptors (Lipinski definition) is 6. The van der Waals surface area contributed by atoms with E-state index in [1.165, 1.54) is 22.8 Å². The standard InChI is InChI=1S/C20H21FN4O4/c1-28-7-8-29-15-10-13(9-14(21)11-15)17-3-2-5-24(17)18-4-6-25-19(23-18)16(12-22-25)20(26)27/h4,6,9-12,17H,2-3,5,7-8H2,1H3,(H,26,27). The van der Waals surface area contributed by atoms with Crippen LogP contribution in [0.4, 0.5) is 10.2 Å². The summed E-state index contributed by atoms with van der Waals surface area (Å²) >= 11 is 0. The van der Waals surface area contributed by atoms with Gasteiger partial charge in [0, 0.05) is 25.9 Å². The quantitative estimate of drug-likeness (QED) is 0.610. The largest absolute Gasteiger partial charge is 0.491 e. The molecule has 3 aromatic rings. The zero-order valence-electron chi connectivity index (χ0n) is 15.9. The molecule has 0 radical (unpaired) electrons. The van der Waals surface area contributed by atoms with Gasteiger partial charge in [0.25, 0.3) is 0 Å². The number of ether oxygens (including phenoxy) is 2. The van der Waals surface area contributed by atoms with Gasteiger partial charge in [-0.3, -0.25) is 0 Å². The van der Waals surface area contributed by atoms with Crippen molar-refractivity contribution < 1.29 is 23.8 Å². The Kier molecular flexibility index (Phi) is 5.30. The van der Waals surface area contributed by atoms with Crippen LogP contribution in [0.15, 0.2) is 36.7 Å². The van der Waals surface area contributed by atoms with Crippen LogP contribution in [0.3, 0.4) is 0 Å². The smallest absolute Gasteiger partial charge is 0.341 e. The van der Waals surface area contributed by atoms with Crippen molar-refractivity contribution in [2.45, 2.75) is 18.9 Å². The molecule has 4 rings (SSSR count). The molecular formula is C20H21FN4O4. The van der Waals surface area contributed by atoms with E-state index < -0.39 is 5.97 Å². The Morgan fingerprint density at radius 1 is 1.34 bits per heavy atom. The molecule has 1 aromatic carbocycles. The number of anilines is 1. The molecule has 9 heteroatoms. The van der Waals surface area contributed by atoms with Gasteiger partial charge in [0.2, 0.25) is 0 Å². The average molecular weight is 400 g/mol. The first-order valence-electron chi connectivity index (χ1n) is 9.33. The highest BCUT2D eigenvalue weighted by Crippen LogP contribution is 2.37. The third-order valence-electron chi connectivity index (χ3n) is 4.97. The zero-order chi connectivity index (χ0) is 20.4. The van der Waals surface area contributed by atoms with E-state index in [2.05, 4.69) is 15.0 Å². The molecule has 1 N–H and O–H groups in total. The second-order valence-corrected chi connectivity index (χ2v) is 6.83. The summed E-state index contributed by atoms with van der Waals surface area (Å²) in [6.07, 6.45) is 4.72. The number of benzene rings is 1. The van der Waals surface area contributed by atoms with Crippen molar-refractivity contribution in [1.82, 2.24) is 14.6 Å². The van der Waals surface area contributed by atoms with Crippen LogP contribution in [0.25, 0.3) is 5.65 Å². The highest BCUT2D eigenvalue weighted by molar-refractivity contribution is 5.94. The summed E-state index contributed by atoms with van der Waals surface area (Å²) in [6, 6.07) is 6.41. The third-order valence-corrected chi connectivity index (χ3v) is 4.97. The van der Waals surface area contributed by atoms with Crippen molar-refractivity contribution in [3.8, 4) is 5.75 Å². The van der Waals surface area contributed by atoms with E-state index in [1.807, 2.05) is 6.07 Å². The molecule has 0 aliphatic carbocycles. The molecular weight excluding hydrogens is 379 g/mol. The maximum atomic E-state index is 14.2. The number of methoxy groups -OCH3 is 1. The van der Waals surface area contributed by atoms with Gasteiger partial charge in [0.15, 0.2) is 5.65 Å². The summed E-state index contributed by atoms with van der Waals surface area (Å²) in [4.78, 5) is 18.0. The van der Waals surface area contributed by atoms with Crippen molar-refractivity contribution in [2.75, 3.05) is 31.8 Å². The Morgan fingerprint density at radius 2 is 2.21 bits per heavy atom. The highest BCUT2D eigenvalue weighted by Gasteiger charge is 2.28. The minimum Gasteiger partial charge on any atom is -0.491 e. The predicted octanol–water partition coefficient (Wildman–Crippen LogP) is 2.93. The Labute approximate surface area is 166 Å². The van der Waals surface area contributed by atoms with Crippen LogP contribution >= 0.6 is 0 Å². The fraction of sp³-hybridized carbons (Fsp3) is 0.350. The Bertz CT molecular complexity index is 1040. The van der Waals surface area contributed by atoms with E-state index in [0.717, 1.165) is 24.9 Å². The molecule has 1 aliphatic heterocycles. The molecule has 0 bridgehead atoms. The van der Waals surface area contributed by atoms with E-state index >= 15 is 0 Å². The number of aromatic carboxylic acids is 1. The summed E-state index contributed by atoms with van der Waals surface area (Å²) in [5, 5.41) is 13.4. The van der Waals surface area contributed by atoms with Crippen molar-refractivity contribution in [1.29, 1.82) is 0 Å². The van der Waals surface area contributed by atoms with Crippen LogP contribution in [-0.2, 0) is 4.74 Å². The molecule has 152 valence electrons. The number of carboxylic acid groups (broad SMARTS) is 1. The first-order valence-corrected chi connectivity index (χ1v) is 9.33. The average Bonchev–Trinajstić information content (AvgIpc) is 3.34. The minimum atomic E-state index is -1.08. The topological polar surface area (TPSA) is 89.2 Å². The van der Waals surface area contributed by atoms with Crippen LogP contribution in [0, 0.1) is 5.82 Å². The number of halogens is 1. The van der Waals surface area contributed by atoms with Crippen molar-refractivity contribution in [3.63, 3.8) is 0 Å². The summed E-state index contributed by atoms with van der Waals surface area (Å²) in [5.74, 6) is -0.356. The summed E-state index contributed by atoms with van der Waals surface area (Å²) < 4.78 is 26.2. The fourth-order valence-electron chi connectivity index (χ4n) is 3.66. The lowest BCUT2D eigenvalue weighted by atomic mass is 10.0. The molecule has 3 heterocycles. The second-order valence-electron chi connectivity index (χ2n) is 6.83. The molecule has 1 unspecified atom stereocenters. The summed E-state index contributed by atoms with van der Waals surface area (Å²) in [7, 11) is 1.58. The lowest BCUT2D eigenvalue weighted by Gasteiger charge is -2.26. The summed E-state index contributed by atoms with van der Waals surface area (Å²) in [6.45, 7) is 1.49. The van der Waals surface area contributed by atoms with Gasteiger partial charge in [-0.15, -0.1) is 0 Å². The molecule has 1 aliphatic rings. The number of carboxylic acids is 1. The van der Waals surface area contributed by atoms with Gasteiger partial charge in [-0.2, -0.15) is 5.10 Å². The molecule has 1 atom stereocenters. The van der Waals surface area contributed by atoms with Gasteiger partial charge in [-0.1, -0.05) is 0 Å². The molecule has 0 spiro atoms. The van der Waals surface area contributed by atoms with Gasteiger partial charge in [0.1, 0.15) is 29.6 Å². The van der Waals surface area contributed by atoms with Crippen LogP contribution in [-0.4, -0.2) is 52.5 Å². The number of rotatable bonds is 7. The minimum absolute atomic E-state index is 0.0437. The first kappa shape index (κ1) is 19.1. The number of fused-ring (bicyclic) bond motifs is 1. The predicted molar refractivity (Wildman–Crippen MR) is 103 cm³/mol. The van der Waals surface area contributed by atoms with E-state index in [9.17, 15) is 14.3 Å². The summed E-state index contributed by atoms with van der Waals surface area (Å²) in [5.41, 5.74) is 1.12. The van der Waals surface area contributed by atoms with Gasteiger partial charge in [0.05, 0.1) is 18.8 Å². The van der Waals surface area contributed by atoms with E-state index in [-0.39, 0.29) is 23.1 Å². The molecule has 0 amide bonds. The zero-order valence-corrected chi connectivity index (χ0v) is 15.9. The second kappa shape index (κ2) is 8.04. The number of nitrogens with zero attached hydrogens (tertiary/aromatic N) is 4. The van der Waals surface area contributed by atoms with Crippen LogP contribution in [0.5, 0.6) is 5.75 Å². The van der Waals surface area contributed by atoms with Gasteiger partial charge < -0.3 is 19.5 Å². The van der Waals surface area contributed by atoms with Crippen LogP contribution < -0.4 is 9.64 Å². The molecule has 29 heavy (non-hydrogen) atoms. The van der Waals surface area contributed by atoms with Crippen molar-refractivity contribution in [2.24, 2.45) is 0 Å². The Hall–Kier alpha value is -3.20. The highest BCUT2D eigenvalue weighted by atomic mass is 19.1. The number of carbonyl (C=O) groups is 1. The van der Waals surface area contributed by atoms with Crippen LogP contribution in [0.2, 0.25) is 0 Å². The van der Waals surface area contributed by atoms with Crippen molar-refractivity contribution >= 4 is 17.4 Å². The van der Waals surface area contributed by atoms with Crippen LogP contribution in [0.1, 0.15) is 34.8 Å². The monoisotopic (exact) mass is 400 g/mol. The maximum Gasteiger partial charge on any atom is 0.341 e. The third kappa shape index (κ3) is 3.86. The molecule has 1 saturated heterocycles. The Morgan fingerprint density at radius 3 is 3.00 bits per heavy atom. The maximum absolute atomic E-state index is 14.2. The normalized spacial score (nSPS) is 16.5. The lowest BCUT2D eigenvalue weighted by molar-refractivity contribution is 0.0698. The Balaban J connectivity index is 1.65. The molecule has 8 nitrogen and oxygen atoms in total. The van der Waals surface area contributed by atoms with E-state index in [1.54, 1.807) is 19.4 Å². The molecule has 1 fully saturated rings. The number of aromatic nitrogens is 3. The lowest BCUT2D eigenvalue weighted by Crippen LogP contribution is -2.24. The van der Waals surface area contributed by atoms with E-state index in [0.29, 0.717) is 24.8 Å².